The predicted octanol–water partition coefficient (Wildman–Crippen LogP) is 5.77. The van der Waals surface area contributed by atoms with Gasteiger partial charge in [-0.2, -0.15) is 0 Å². The topological polar surface area (TPSA) is 60.0 Å². The van der Waals surface area contributed by atoms with Crippen LogP contribution >= 0.6 is 0 Å². The number of carbonyl (C=O) groups excluding carboxylic acids is 1. The number of fused-ring (bicyclic) bond motifs is 4. The second-order valence-electron chi connectivity index (χ2n) is 11.3. The Morgan fingerprint density at radius 2 is 1.94 bits per heavy atom. The maximum atomic E-state index is 13.1. The van der Waals surface area contributed by atoms with Crippen molar-refractivity contribution in [3.8, 4) is 22.6 Å². The molecule has 4 aliphatic rings. The zero-order chi connectivity index (χ0) is 24.7. The fraction of sp³-hybridized carbons (Fsp3) is 0.552. The molecular weight excluding hydrogens is 440 g/mol. The summed E-state index contributed by atoms with van der Waals surface area (Å²) in [5.74, 6) is 2.46. The summed E-state index contributed by atoms with van der Waals surface area (Å²) in [6, 6.07) is 12.4. The van der Waals surface area contributed by atoms with Gasteiger partial charge in [0.05, 0.1) is 19.8 Å². The van der Waals surface area contributed by atoms with Gasteiger partial charge in [0.1, 0.15) is 17.6 Å². The summed E-state index contributed by atoms with van der Waals surface area (Å²) in [4.78, 5) is 15.5. The van der Waals surface area contributed by atoms with E-state index in [2.05, 4.69) is 68.2 Å². The summed E-state index contributed by atoms with van der Waals surface area (Å²) in [5, 5.41) is 3.19. The number of amides is 1. The minimum atomic E-state index is -0.345. The van der Waals surface area contributed by atoms with Crippen molar-refractivity contribution in [1.29, 1.82) is 0 Å². The molecule has 2 bridgehead atoms. The molecule has 1 amide bonds. The molecule has 2 aromatic rings. The molecule has 1 N–H and O–H groups in total. The Labute approximate surface area is 208 Å². The monoisotopic (exact) mass is 478 g/mol. The fourth-order valence-electron chi connectivity index (χ4n) is 5.76. The minimum Gasteiger partial charge on any atom is -0.496 e. The van der Waals surface area contributed by atoms with E-state index in [9.17, 15) is 4.79 Å². The molecule has 2 atom stereocenters. The lowest BCUT2D eigenvalue weighted by Gasteiger charge is -2.44. The molecule has 35 heavy (non-hydrogen) atoms. The van der Waals surface area contributed by atoms with Crippen molar-refractivity contribution in [2.45, 2.75) is 58.6 Å². The highest BCUT2D eigenvalue weighted by atomic mass is 16.6. The molecule has 188 valence electrons. The van der Waals surface area contributed by atoms with Crippen molar-refractivity contribution < 1.29 is 19.0 Å². The summed E-state index contributed by atoms with van der Waals surface area (Å²) < 4.78 is 18.0. The van der Waals surface area contributed by atoms with Crippen molar-refractivity contribution in [2.75, 3.05) is 33.4 Å². The van der Waals surface area contributed by atoms with Crippen molar-refractivity contribution in [3.63, 3.8) is 0 Å². The lowest BCUT2D eigenvalue weighted by molar-refractivity contribution is -0.0361. The molecular formula is C29H38N2O4. The van der Waals surface area contributed by atoms with E-state index < -0.39 is 0 Å². The van der Waals surface area contributed by atoms with Crippen LogP contribution in [0.3, 0.4) is 0 Å². The molecule has 1 unspecified atom stereocenters. The van der Waals surface area contributed by atoms with Gasteiger partial charge in [0.25, 0.3) is 0 Å². The van der Waals surface area contributed by atoms with Gasteiger partial charge in [0.2, 0.25) is 0 Å². The number of benzene rings is 2. The molecule has 4 heterocycles. The second-order valence-corrected chi connectivity index (χ2v) is 11.3. The van der Waals surface area contributed by atoms with Crippen molar-refractivity contribution in [1.82, 2.24) is 10.2 Å². The van der Waals surface area contributed by atoms with Crippen LogP contribution in [0.1, 0.15) is 63.6 Å². The maximum Gasteiger partial charge on any atom is 0.407 e. The summed E-state index contributed by atoms with van der Waals surface area (Å²) in [5.41, 5.74) is 3.98. The average molecular weight is 479 g/mol. The van der Waals surface area contributed by atoms with Crippen LogP contribution in [0.25, 0.3) is 11.1 Å². The van der Waals surface area contributed by atoms with Gasteiger partial charge in [0.15, 0.2) is 0 Å². The number of methoxy groups -OCH3 is 1. The van der Waals surface area contributed by atoms with Gasteiger partial charge in [-0.3, -0.25) is 4.90 Å². The number of hydrogen-bond donors (Lipinski definition) is 1. The van der Waals surface area contributed by atoms with Gasteiger partial charge in [-0.15, -0.1) is 0 Å². The van der Waals surface area contributed by atoms with E-state index in [0.29, 0.717) is 18.4 Å². The third-order valence-corrected chi connectivity index (χ3v) is 8.01. The Kier molecular flexibility index (Phi) is 6.43. The van der Waals surface area contributed by atoms with Gasteiger partial charge >= 0.3 is 6.09 Å². The van der Waals surface area contributed by atoms with E-state index in [0.717, 1.165) is 60.7 Å². The largest absolute Gasteiger partial charge is 0.496 e. The molecule has 3 fully saturated rings. The molecule has 0 spiro atoms. The first-order chi connectivity index (χ1) is 16.7. The number of ether oxygens (including phenoxy) is 3. The molecule has 6 heteroatoms. The molecule has 0 saturated carbocycles. The van der Waals surface area contributed by atoms with Crippen molar-refractivity contribution in [3.05, 3.63) is 47.5 Å². The van der Waals surface area contributed by atoms with Gasteiger partial charge in [-0.05, 0) is 61.0 Å². The Balaban J connectivity index is 1.42. The van der Waals surface area contributed by atoms with E-state index in [1.165, 1.54) is 5.56 Å². The van der Waals surface area contributed by atoms with Crippen LogP contribution in [0.15, 0.2) is 36.4 Å². The Hall–Kier alpha value is -2.73. The molecule has 6 nitrogen and oxygen atoms in total. The summed E-state index contributed by atoms with van der Waals surface area (Å²) in [6.45, 7) is 12.2. The van der Waals surface area contributed by atoms with Gasteiger partial charge in [-0.1, -0.05) is 52.0 Å². The van der Waals surface area contributed by atoms with E-state index in [1.54, 1.807) is 7.11 Å². The van der Waals surface area contributed by atoms with E-state index in [-0.39, 0.29) is 23.7 Å². The maximum absolute atomic E-state index is 13.1. The second kappa shape index (κ2) is 9.38. The van der Waals surface area contributed by atoms with Crippen LogP contribution in [-0.2, 0) is 4.74 Å². The van der Waals surface area contributed by atoms with Gasteiger partial charge in [0, 0.05) is 23.1 Å². The number of nitrogens with one attached hydrogen (secondary N) is 1. The third kappa shape index (κ3) is 4.73. The van der Waals surface area contributed by atoms with Gasteiger partial charge < -0.3 is 19.5 Å². The standard InChI is InChI=1S/C29H38N2O4/c1-18(2)20-7-6-8-21(13-20)22-14-25-23(15-24(22)33-5)27(29(3,4)17-34-25)30-28(32)35-26-16-31-11-9-19(26)10-12-31/h6-8,13-15,18-19,26-27H,9-12,16-17H2,1-5H3,(H,30,32)/t26-,27?/m0/s1. The van der Waals surface area contributed by atoms with Crippen LogP contribution in [-0.4, -0.2) is 50.4 Å². The SMILES string of the molecule is COc1cc2c(cc1-c1cccc(C(C)C)c1)OCC(C)(C)C2NC(=O)O[C@H]1CN2CCC1CC2. The van der Waals surface area contributed by atoms with Gasteiger partial charge in [-0.25, -0.2) is 4.79 Å². The number of rotatable bonds is 5. The highest BCUT2D eigenvalue weighted by Gasteiger charge is 2.41. The van der Waals surface area contributed by atoms with Crippen LogP contribution in [0, 0.1) is 11.3 Å². The smallest absolute Gasteiger partial charge is 0.407 e. The van der Waals surface area contributed by atoms with E-state index >= 15 is 0 Å². The first-order valence-electron chi connectivity index (χ1n) is 12.9. The molecule has 6 rings (SSSR count). The number of alkyl carbamates (subject to hydrolysis) is 1. The van der Waals surface area contributed by atoms with Crippen LogP contribution in [0.2, 0.25) is 0 Å². The first kappa shape index (κ1) is 24.0. The van der Waals surface area contributed by atoms with Crippen LogP contribution < -0.4 is 14.8 Å². The van der Waals surface area contributed by atoms with Crippen molar-refractivity contribution in [2.24, 2.45) is 11.3 Å². The summed E-state index contributed by atoms with van der Waals surface area (Å²) in [7, 11) is 1.69. The third-order valence-electron chi connectivity index (χ3n) is 8.01. The Morgan fingerprint density at radius 3 is 2.60 bits per heavy atom. The Morgan fingerprint density at radius 1 is 1.17 bits per heavy atom. The molecule has 2 aromatic carbocycles. The molecule has 0 aromatic heterocycles. The zero-order valence-electron chi connectivity index (χ0n) is 21.6. The van der Waals surface area contributed by atoms with E-state index in [4.69, 9.17) is 14.2 Å². The lowest BCUT2D eigenvalue weighted by Crippen LogP contribution is -2.53. The summed E-state index contributed by atoms with van der Waals surface area (Å²) in [6.07, 6.45) is 1.86. The zero-order valence-corrected chi connectivity index (χ0v) is 21.6. The predicted molar refractivity (Wildman–Crippen MR) is 137 cm³/mol. The van der Waals surface area contributed by atoms with Crippen molar-refractivity contribution >= 4 is 6.09 Å². The fourth-order valence-corrected chi connectivity index (χ4v) is 5.76. The number of carbonyl (C=O) groups is 1. The minimum absolute atomic E-state index is 0.0231. The molecule has 0 aliphatic carbocycles. The normalized spacial score (nSPS) is 26.6. The first-order valence-corrected chi connectivity index (χ1v) is 12.9. The number of piperidine rings is 3. The highest BCUT2D eigenvalue weighted by molar-refractivity contribution is 5.75. The molecule has 0 radical (unpaired) electrons. The highest BCUT2D eigenvalue weighted by Crippen LogP contribution is 2.47. The lowest BCUT2D eigenvalue weighted by atomic mass is 9.78. The van der Waals surface area contributed by atoms with E-state index in [1.807, 2.05) is 6.07 Å². The summed E-state index contributed by atoms with van der Waals surface area (Å²) >= 11 is 0. The Bertz CT molecular complexity index is 1090. The number of nitrogens with zero attached hydrogens (tertiary/aromatic N) is 1. The molecule has 3 saturated heterocycles. The quantitative estimate of drug-likeness (QED) is 0.592. The average Bonchev–Trinajstić information content (AvgIpc) is 2.86. The number of hydrogen-bond acceptors (Lipinski definition) is 5. The van der Waals surface area contributed by atoms with Crippen LogP contribution in [0.4, 0.5) is 4.79 Å². The van der Waals surface area contributed by atoms with Crippen LogP contribution in [0.5, 0.6) is 11.5 Å². The molecule has 4 aliphatic heterocycles.